The van der Waals surface area contributed by atoms with E-state index in [0.717, 1.165) is 12.8 Å². The minimum atomic E-state index is -0.989. The number of aromatic carboxylic acids is 1. The van der Waals surface area contributed by atoms with Crippen LogP contribution in [0.25, 0.3) is 0 Å². The second-order valence-electron chi connectivity index (χ2n) is 4.91. The van der Waals surface area contributed by atoms with E-state index < -0.39 is 5.97 Å². The molecule has 21 heavy (non-hydrogen) atoms. The van der Waals surface area contributed by atoms with Gasteiger partial charge in [-0.2, -0.15) is 0 Å². The monoisotopic (exact) mass is 358 g/mol. The molecule has 0 aliphatic heterocycles. The van der Waals surface area contributed by atoms with Gasteiger partial charge in [0.25, 0.3) is 0 Å². The summed E-state index contributed by atoms with van der Waals surface area (Å²) in [6.07, 6.45) is 7.17. The van der Waals surface area contributed by atoms with Crippen molar-refractivity contribution in [3.63, 3.8) is 0 Å². The lowest BCUT2D eigenvalue weighted by Gasteiger charge is -2.13. The quantitative estimate of drug-likeness (QED) is 0.604. The Kier molecular flexibility index (Phi) is 8.20. The number of rotatable bonds is 10. The van der Waals surface area contributed by atoms with E-state index in [4.69, 9.17) is 14.6 Å². The van der Waals surface area contributed by atoms with Crippen LogP contribution in [0.2, 0.25) is 0 Å². The molecule has 1 rings (SSSR count). The summed E-state index contributed by atoms with van der Waals surface area (Å²) < 4.78 is 11.5. The molecule has 0 aromatic heterocycles. The van der Waals surface area contributed by atoms with Gasteiger partial charge in [-0.3, -0.25) is 0 Å². The van der Waals surface area contributed by atoms with Gasteiger partial charge in [0, 0.05) is 0 Å². The molecular formula is C16H23BrO4. The first-order chi connectivity index (χ1) is 10.1. The zero-order valence-corrected chi connectivity index (χ0v) is 14.2. The van der Waals surface area contributed by atoms with E-state index in [9.17, 15) is 4.79 Å². The van der Waals surface area contributed by atoms with Gasteiger partial charge in [0.05, 0.1) is 23.8 Å². The first kappa shape index (κ1) is 17.8. The van der Waals surface area contributed by atoms with E-state index in [-0.39, 0.29) is 5.56 Å². The summed E-state index contributed by atoms with van der Waals surface area (Å²) in [7, 11) is 1.50. The maximum Gasteiger partial charge on any atom is 0.335 e. The summed E-state index contributed by atoms with van der Waals surface area (Å²) >= 11 is 3.34. The highest BCUT2D eigenvalue weighted by Crippen LogP contribution is 2.36. The first-order valence-electron chi connectivity index (χ1n) is 7.33. The molecule has 0 atom stereocenters. The van der Waals surface area contributed by atoms with Gasteiger partial charge in [-0.25, -0.2) is 4.79 Å². The van der Waals surface area contributed by atoms with Crippen LogP contribution in [-0.2, 0) is 0 Å². The van der Waals surface area contributed by atoms with Crippen LogP contribution in [-0.4, -0.2) is 24.8 Å². The van der Waals surface area contributed by atoms with Crippen LogP contribution in [0.15, 0.2) is 16.6 Å². The lowest BCUT2D eigenvalue weighted by molar-refractivity contribution is 0.0696. The molecule has 0 aliphatic rings. The number of benzene rings is 1. The number of carboxylic acids is 1. The molecule has 118 valence electrons. The number of hydrogen-bond acceptors (Lipinski definition) is 3. The van der Waals surface area contributed by atoms with Gasteiger partial charge in [-0.15, -0.1) is 0 Å². The standard InChI is InChI=1S/C16H23BrO4/c1-3-4-5-6-7-8-9-21-15-13(17)10-12(16(18)19)11-14(15)20-2/h10-11H,3-9H2,1-2H3,(H,18,19). The number of carboxylic acid groups (broad SMARTS) is 1. The van der Waals surface area contributed by atoms with Crippen LogP contribution >= 0.6 is 15.9 Å². The molecule has 0 unspecified atom stereocenters. The fourth-order valence-electron chi connectivity index (χ4n) is 2.04. The fraction of sp³-hybridized carbons (Fsp3) is 0.562. The predicted octanol–water partition coefficient (Wildman–Crippen LogP) is 4.90. The minimum absolute atomic E-state index is 0.172. The molecule has 0 heterocycles. The van der Waals surface area contributed by atoms with Crippen molar-refractivity contribution >= 4 is 21.9 Å². The van der Waals surface area contributed by atoms with Crippen molar-refractivity contribution in [2.75, 3.05) is 13.7 Å². The molecule has 0 amide bonds. The molecule has 1 aromatic rings. The average Bonchev–Trinajstić information content (AvgIpc) is 2.46. The number of ether oxygens (including phenoxy) is 2. The van der Waals surface area contributed by atoms with Gasteiger partial charge in [0.1, 0.15) is 0 Å². The predicted molar refractivity (Wildman–Crippen MR) is 86.5 cm³/mol. The molecule has 4 nitrogen and oxygen atoms in total. The summed E-state index contributed by atoms with van der Waals surface area (Å²) in [5.41, 5.74) is 0.172. The number of methoxy groups -OCH3 is 1. The van der Waals surface area contributed by atoms with E-state index in [1.54, 1.807) is 0 Å². The van der Waals surface area contributed by atoms with Crippen molar-refractivity contribution in [3.8, 4) is 11.5 Å². The second kappa shape index (κ2) is 9.66. The van der Waals surface area contributed by atoms with Crippen molar-refractivity contribution < 1.29 is 19.4 Å². The molecule has 1 N–H and O–H groups in total. The Bertz CT molecular complexity index is 460. The summed E-state index contributed by atoms with van der Waals surface area (Å²) in [6, 6.07) is 3.01. The van der Waals surface area contributed by atoms with Crippen LogP contribution in [0, 0.1) is 0 Å². The Morgan fingerprint density at radius 2 is 1.86 bits per heavy atom. The van der Waals surface area contributed by atoms with E-state index in [1.807, 2.05) is 0 Å². The Labute approximate surface area is 134 Å². The van der Waals surface area contributed by atoms with Gasteiger partial charge < -0.3 is 14.6 Å². The maximum atomic E-state index is 11.0. The highest BCUT2D eigenvalue weighted by molar-refractivity contribution is 9.10. The normalized spacial score (nSPS) is 10.4. The van der Waals surface area contributed by atoms with Gasteiger partial charge in [0.15, 0.2) is 11.5 Å². The van der Waals surface area contributed by atoms with Gasteiger partial charge >= 0.3 is 5.97 Å². The average molecular weight is 359 g/mol. The van der Waals surface area contributed by atoms with Crippen molar-refractivity contribution in [1.29, 1.82) is 0 Å². The number of unbranched alkanes of at least 4 members (excludes halogenated alkanes) is 5. The molecule has 5 heteroatoms. The third-order valence-corrected chi connectivity index (χ3v) is 3.81. The van der Waals surface area contributed by atoms with Gasteiger partial charge in [-0.1, -0.05) is 39.0 Å². The Hall–Kier alpha value is -1.23. The van der Waals surface area contributed by atoms with Crippen LogP contribution in [0.3, 0.4) is 0 Å². The zero-order chi connectivity index (χ0) is 15.7. The molecule has 0 saturated carbocycles. The molecule has 0 aliphatic carbocycles. The van der Waals surface area contributed by atoms with Crippen LogP contribution in [0.4, 0.5) is 0 Å². The van der Waals surface area contributed by atoms with Crippen molar-refractivity contribution in [3.05, 3.63) is 22.2 Å². The third kappa shape index (κ3) is 5.96. The number of halogens is 1. The van der Waals surface area contributed by atoms with E-state index in [1.165, 1.54) is 44.9 Å². The van der Waals surface area contributed by atoms with Crippen LogP contribution < -0.4 is 9.47 Å². The lowest BCUT2D eigenvalue weighted by atomic mass is 10.1. The molecule has 1 aromatic carbocycles. The smallest absolute Gasteiger partial charge is 0.335 e. The topological polar surface area (TPSA) is 55.8 Å². The van der Waals surface area contributed by atoms with E-state index in [2.05, 4.69) is 22.9 Å². The maximum absolute atomic E-state index is 11.0. The van der Waals surface area contributed by atoms with E-state index >= 15 is 0 Å². The summed E-state index contributed by atoms with van der Waals surface area (Å²) in [4.78, 5) is 11.0. The molecule has 0 spiro atoms. The fourth-order valence-corrected chi connectivity index (χ4v) is 2.60. The Morgan fingerprint density at radius 1 is 1.19 bits per heavy atom. The zero-order valence-electron chi connectivity index (χ0n) is 12.7. The summed E-state index contributed by atoms with van der Waals surface area (Å²) in [5, 5.41) is 9.02. The minimum Gasteiger partial charge on any atom is -0.493 e. The van der Waals surface area contributed by atoms with Crippen LogP contribution in [0.1, 0.15) is 55.8 Å². The lowest BCUT2D eigenvalue weighted by Crippen LogP contribution is -2.03. The van der Waals surface area contributed by atoms with Crippen molar-refractivity contribution in [1.82, 2.24) is 0 Å². The van der Waals surface area contributed by atoms with Gasteiger partial charge in [-0.05, 0) is 34.5 Å². The molecule has 0 fully saturated rings. The van der Waals surface area contributed by atoms with Crippen molar-refractivity contribution in [2.45, 2.75) is 45.4 Å². The SMILES string of the molecule is CCCCCCCCOc1c(Br)cc(C(=O)O)cc1OC. The highest BCUT2D eigenvalue weighted by Gasteiger charge is 2.14. The van der Waals surface area contributed by atoms with E-state index in [0.29, 0.717) is 22.6 Å². The van der Waals surface area contributed by atoms with Crippen molar-refractivity contribution in [2.24, 2.45) is 0 Å². The molecule has 0 radical (unpaired) electrons. The summed E-state index contributed by atoms with van der Waals surface area (Å²) in [6.45, 7) is 2.81. The second-order valence-corrected chi connectivity index (χ2v) is 5.77. The third-order valence-electron chi connectivity index (χ3n) is 3.22. The summed E-state index contributed by atoms with van der Waals surface area (Å²) in [5.74, 6) is 0.0142. The Balaban J connectivity index is 2.52. The van der Waals surface area contributed by atoms with Crippen LogP contribution in [0.5, 0.6) is 11.5 Å². The molecular weight excluding hydrogens is 336 g/mol. The number of hydrogen-bond donors (Lipinski definition) is 1. The van der Waals surface area contributed by atoms with Gasteiger partial charge in [0.2, 0.25) is 0 Å². The Morgan fingerprint density at radius 3 is 2.48 bits per heavy atom. The first-order valence-corrected chi connectivity index (χ1v) is 8.13. The number of carbonyl (C=O) groups is 1. The largest absolute Gasteiger partial charge is 0.493 e. The molecule has 0 bridgehead atoms. The highest BCUT2D eigenvalue weighted by atomic mass is 79.9. The molecule has 0 saturated heterocycles.